The molecule has 2 heterocycles. The molecule has 0 spiro atoms. The summed E-state index contributed by atoms with van der Waals surface area (Å²) in [6, 6.07) is 6.77. The van der Waals surface area contributed by atoms with Crippen LogP contribution in [0.4, 0.5) is 24.7 Å². The topological polar surface area (TPSA) is 67.4 Å². The molecule has 1 aliphatic rings. The van der Waals surface area contributed by atoms with Gasteiger partial charge in [-0.15, -0.1) is 0 Å². The summed E-state index contributed by atoms with van der Waals surface area (Å²) in [5, 5.41) is 3.75. The molecule has 3 aromatic rings. The molecule has 4 rings (SSSR count). The minimum atomic E-state index is -3.50. The third kappa shape index (κ3) is 3.74. The van der Waals surface area contributed by atoms with Gasteiger partial charge < -0.3 is 15.0 Å². The first-order valence-electron chi connectivity index (χ1n) is 11.1. The van der Waals surface area contributed by atoms with Gasteiger partial charge in [0, 0.05) is 30.7 Å². The van der Waals surface area contributed by atoms with Crippen molar-refractivity contribution in [2.24, 2.45) is 0 Å². The molecule has 1 aliphatic heterocycles. The third-order valence-corrected chi connectivity index (χ3v) is 6.64. The van der Waals surface area contributed by atoms with Crippen LogP contribution in [0.25, 0.3) is 10.9 Å². The number of fused-ring (bicyclic) bond motifs is 2. The van der Waals surface area contributed by atoms with Crippen LogP contribution in [0.2, 0.25) is 0 Å². The average Bonchev–Trinajstić information content (AvgIpc) is 2.98. The zero-order chi connectivity index (χ0) is 25.9. The molecule has 1 aromatic heterocycles. The van der Waals surface area contributed by atoms with E-state index in [-0.39, 0.29) is 11.5 Å². The Morgan fingerprint density at radius 1 is 1.29 bits per heavy atom. The number of carbonyl (C=O) groups excluding carboxylic acids is 1. The first-order valence-corrected chi connectivity index (χ1v) is 11.1. The molecule has 6 nitrogen and oxygen atoms in total. The van der Waals surface area contributed by atoms with Crippen molar-refractivity contribution in [3.63, 3.8) is 0 Å². The Hall–Kier alpha value is -3.46. The predicted octanol–water partition coefficient (Wildman–Crippen LogP) is 5.76. The SMILES string of the molecule is C=C(C)C(F)(F)c1cccc([C@@H](C)Nc2nc(C)nc3cc4c(cc23)N(C)C(=O)[C@@]4(C)OC)c1F. The Labute approximate surface area is 201 Å². The van der Waals surface area contributed by atoms with Gasteiger partial charge in [0.2, 0.25) is 0 Å². The van der Waals surface area contributed by atoms with E-state index in [1.807, 2.05) is 0 Å². The Morgan fingerprint density at radius 3 is 2.60 bits per heavy atom. The molecule has 0 fully saturated rings. The third-order valence-electron chi connectivity index (χ3n) is 6.64. The molecule has 1 amide bonds. The van der Waals surface area contributed by atoms with Gasteiger partial charge in [0.05, 0.1) is 22.8 Å². The van der Waals surface area contributed by atoms with Gasteiger partial charge in [0.25, 0.3) is 11.8 Å². The summed E-state index contributed by atoms with van der Waals surface area (Å²) < 4.78 is 49.8. The minimum absolute atomic E-state index is 0.0632. The summed E-state index contributed by atoms with van der Waals surface area (Å²) in [5.74, 6) is -3.87. The number of amides is 1. The number of benzene rings is 2. The number of ether oxygens (including phenoxy) is 1. The van der Waals surface area contributed by atoms with Crippen LogP contribution in [0.5, 0.6) is 0 Å². The van der Waals surface area contributed by atoms with Gasteiger partial charge in [-0.1, -0.05) is 18.7 Å². The van der Waals surface area contributed by atoms with E-state index in [9.17, 15) is 13.6 Å². The van der Waals surface area contributed by atoms with Crippen molar-refractivity contribution < 1.29 is 22.7 Å². The van der Waals surface area contributed by atoms with Crippen LogP contribution in [0.15, 0.2) is 42.5 Å². The van der Waals surface area contributed by atoms with Crippen LogP contribution in [0, 0.1) is 12.7 Å². The smallest absolute Gasteiger partial charge is 0.296 e. The maximum absolute atomic E-state index is 15.2. The van der Waals surface area contributed by atoms with Crippen molar-refractivity contribution in [3.8, 4) is 0 Å². The summed E-state index contributed by atoms with van der Waals surface area (Å²) >= 11 is 0. The Bertz CT molecular complexity index is 1370. The van der Waals surface area contributed by atoms with Crippen LogP contribution in [-0.2, 0) is 21.1 Å². The molecule has 2 aromatic carbocycles. The second kappa shape index (κ2) is 8.34. The fourth-order valence-electron chi connectivity index (χ4n) is 4.43. The zero-order valence-electron chi connectivity index (χ0n) is 20.5. The van der Waals surface area contributed by atoms with Crippen LogP contribution >= 0.6 is 0 Å². The summed E-state index contributed by atoms with van der Waals surface area (Å²) in [6.07, 6.45) is 0. The van der Waals surface area contributed by atoms with Crippen molar-refractivity contribution >= 4 is 28.3 Å². The molecule has 2 atom stereocenters. The van der Waals surface area contributed by atoms with E-state index in [1.165, 1.54) is 31.1 Å². The fourth-order valence-corrected chi connectivity index (χ4v) is 4.43. The lowest BCUT2D eigenvalue weighted by Crippen LogP contribution is -2.37. The van der Waals surface area contributed by atoms with Gasteiger partial charge in [-0.25, -0.2) is 14.4 Å². The second-order valence-corrected chi connectivity index (χ2v) is 9.04. The van der Waals surface area contributed by atoms with E-state index in [0.717, 1.165) is 6.07 Å². The number of nitrogens with zero attached hydrogens (tertiary/aromatic N) is 3. The van der Waals surface area contributed by atoms with Gasteiger partial charge in [0.15, 0.2) is 5.60 Å². The highest BCUT2D eigenvalue weighted by Crippen LogP contribution is 2.44. The van der Waals surface area contributed by atoms with Crippen molar-refractivity contribution in [1.29, 1.82) is 0 Å². The normalized spacial score (nSPS) is 18.7. The van der Waals surface area contributed by atoms with Crippen LogP contribution in [-0.4, -0.2) is 30.0 Å². The maximum Gasteiger partial charge on any atom is 0.296 e. The molecular formula is C26H27F3N4O2. The van der Waals surface area contributed by atoms with Crippen molar-refractivity contribution in [2.45, 2.75) is 45.3 Å². The van der Waals surface area contributed by atoms with Gasteiger partial charge in [-0.3, -0.25) is 4.79 Å². The fraction of sp³-hybridized carbons (Fsp3) is 0.346. The lowest BCUT2D eigenvalue weighted by Gasteiger charge is -2.22. The summed E-state index contributed by atoms with van der Waals surface area (Å²) in [7, 11) is 3.13. The Balaban J connectivity index is 1.80. The molecule has 0 unspecified atom stereocenters. The second-order valence-electron chi connectivity index (χ2n) is 9.04. The number of halogens is 3. The first-order chi connectivity index (χ1) is 16.3. The van der Waals surface area contributed by atoms with E-state index in [1.54, 1.807) is 40.0 Å². The molecule has 9 heteroatoms. The molecule has 1 N–H and O–H groups in total. The predicted molar refractivity (Wildman–Crippen MR) is 129 cm³/mol. The number of aromatic nitrogens is 2. The zero-order valence-corrected chi connectivity index (χ0v) is 20.5. The summed E-state index contributed by atoms with van der Waals surface area (Å²) in [4.78, 5) is 23.3. The Kier molecular flexibility index (Phi) is 5.87. The number of allylic oxidation sites excluding steroid dienone is 1. The van der Waals surface area contributed by atoms with Crippen molar-refractivity contribution in [2.75, 3.05) is 24.4 Å². The molecular weight excluding hydrogens is 457 g/mol. The first kappa shape index (κ1) is 24.7. The number of likely N-dealkylation sites (N-methyl/N-ethyl adjacent to an activating group) is 1. The van der Waals surface area contributed by atoms with Crippen molar-refractivity contribution in [3.05, 3.63) is 70.8 Å². The molecule has 0 bridgehead atoms. The number of rotatable bonds is 6. The van der Waals surface area contributed by atoms with Crippen LogP contribution < -0.4 is 10.2 Å². The standard InChI is InChI=1S/C26H27F3N4O2/c1-13(2)26(28,29)18-10-8-9-16(22(18)27)14(3)30-23-17-11-21-19(12-20(17)31-15(4)32-23)25(5,35-7)24(34)33(21)6/h8-12,14H,1H2,2-7H3,(H,30,31,32)/t14-,25+/m1/s1. The van der Waals surface area contributed by atoms with E-state index >= 15 is 4.39 Å². The average molecular weight is 485 g/mol. The van der Waals surface area contributed by atoms with Crippen LogP contribution in [0.3, 0.4) is 0 Å². The van der Waals surface area contributed by atoms with Crippen molar-refractivity contribution in [1.82, 2.24) is 9.97 Å². The van der Waals surface area contributed by atoms with E-state index in [2.05, 4.69) is 21.9 Å². The maximum atomic E-state index is 15.2. The van der Waals surface area contributed by atoms with E-state index < -0.39 is 34.5 Å². The van der Waals surface area contributed by atoms with E-state index in [0.29, 0.717) is 33.8 Å². The number of aryl methyl sites for hydroxylation is 1. The molecule has 0 saturated carbocycles. The monoisotopic (exact) mass is 484 g/mol. The highest BCUT2D eigenvalue weighted by Gasteiger charge is 2.47. The number of hydrogen-bond donors (Lipinski definition) is 1. The lowest BCUT2D eigenvalue weighted by atomic mass is 9.96. The highest BCUT2D eigenvalue weighted by molar-refractivity contribution is 6.09. The lowest BCUT2D eigenvalue weighted by molar-refractivity contribution is -0.137. The minimum Gasteiger partial charge on any atom is -0.364 e. The summed E-state index contributed by atoms with van der Waals surface area (Å²) in [5.41, 5.74) is -0.356. The highest BCUT2D eigenvalue weighted by atomic mass is 19.3. The van der Waals surface area contributed by atoms with Crippen LogP contribution in [0.1, 0.15) is 49.3 Å². The van der Waals surface area contributed by atoms with E-state index in [4.69, 9.17) is 4.74 Å². The number of nitrogens with one attached hydrogen (secondary N) is 1. The molecule has 35 heavy (non-hydrogen) atoms. The molecule has 0 saturated heterocycles. The quantitative estimate of drug-likeness (QED) is 0.451. The van der Waals surface area contributed by atoms with Gasteiger partial charge in [-0.2, -0.15) is 8.78 Å². The molecule has 184 valence electrons. The summed E-state index contributed by atoms with van der Waals surface area (Å²) in [6.45, 7) is 9.54. The largest absolute Gasteiger partial charge is 0.364 e. The Morgan fingerprint density at radius 2 is 1.97 bits per heavy atom. The molecule has 0 aliphatic carbocycles. The van der Waals surface area contributed by atoms with Gasteiger partial charge in [0.1, 0.15) is 17.5 Å². The van der Waals surface area contributed by atoms with Gasteiger partial charge >= 0.3 is 0 Å². The number of carbonyl (C=O) groups is 1. The number of methoxy groups -OCH3 is 1. The van der Waals surface area contributed by atoms with Gasteiger partial charge in [-0.05, 0) is 51.5 Å². The number of anilines is 2. The number of alkyl halides is 2. The number of hydrogen-bond acceptors (Lipinski definition) is 5. The molecule has 0 radical (unpaired) electrons.